The second-order valence-electron chi connectivity index (χ2n) is 5.32. The zero-order chi connectivity index (χ0) is 15.9. The highest BCUT2D eigenvalue weighted by molar-refractivity contribution is 9.10. The Morgan fingerprint density at radius 3 is 2.64 bits per heavy atom. The van der Waals surface area contributed by atoms with Gasteiger partial charge in [-0.1, -0.05) is 24.3 Å². The van der Waals surface area contributed by atoms with Crippen molar-refractivity contribution in [1.29, 1.82) is 0 Å². The van der Waals surface area contributed by atoms with E-state index in [-0.39, 0.29) is 5.91 Å². The van der Waals surface area contributed by atoms with Gasteiger partial charge in [0, 0.05) is 10.0 Å². The lowest BCUT2D eigenvalue weighted by Crippen LogP contribution is -2.23. The number of benzene rings is 2. The minimum atomic E-state index is -0.871. The third-order valence-electron chi connectivity index (χ3n) is 3.95. The van der Waals surface area contributed by atoms with Gasteiger partial charge in [-0.25, -0.2) is 0 Å². The molecule has 0 spiro atoms. The quantitative estimate of drug-likeness (QED) is 0.906. The maximum absolute atomic E-state index is 12.5. The molecule has 112 valence electrons. The summed E-state index contributed by atoms with van der Waals surface area (Å²) in [6.07, 6.45) is 0. The Balaban J connectivity index is 1.94. The number of carboxylic acid groups (broad SMARTS) is 1. The molecule has 0 bridgehead atoms. The van der Waals surface area contributed by atoms with E-state index in [0.717, 1.165) is 21.3 Å². The van der Waals surface area contributed by atoms with Gasteiger partial charge in [0.05, 0.1) is 18.2 Å². The molecule has 0 fully saturated rings. The van der Waals surface area contributed by atoms with Crippen LogP contribution in [-0.2, 0) is 11.3 Å². The zero-order valence-electron chi connectivity index (χ0n) is 11.9. The fourth-order valence-corrected chi connectivity index (χ4v) is 3.21. The summed E-state index contributed by atoms with van der Waals surface area (Å²) in [5.74, 6) is -1.49. The summed E-state index contributed by atoms with van der Waals surface area (Å²) in [5.41, 5.74) is 3.18. The zero-order valence-corrected chi connectivity index (χ0v) is 13.5. The van der Waals surface area contributed by atoms with Crippen LogP contribution < -0.4 is 4.90 Å². The minimum Gasteiger partial charge on any atom is -0.481 e. The molecule has 1 aliphatic rings. The van der Waals surface area contributed by atoms with E-state index in [1.54, 1.807) is 30.0 Å². The molecule has 0 saturated carbocycles. The van der Waals surface area contributed by atoms with Crippen LogP contribution in [0, 0.1) is 0 Å². The van der Waals surface area contributed by atoms with Crippen LogP contribution in [0.3, 0.4) is 0 Å². The van der Waals surface area contributed by atoms with Gasteiger partial charge in [-0.15, -0.1) is 0 Å². The average Bonchev–Trinajstić information content (AvgIpc) is 2.84. The van der Waals surface area contributed by atoms with Crippen molar-refractivity contribution in [2.24, 2.45) is 0 Å². The Bertz CT molecular complexity index is 772. The molecule has 0 aromatic heterocycles. The van der Waals surface area contributed by atoms with Gasteiger partial charge in [-0.05, 0) is 52.2 Å². The molecule has 4 nitrogen and oxygen atoms in total. The van der Waals surface area contributed by atoms with E-state index in [1.165, 1.54) is 0 Å². The lowest BCUT2D eigenvalue weighted by atomic mass is 10.0. The van der Waals surface area contributed by atoms with Gasteiger partial charge in [-0.2, -0.15) is 0 Å². The smallest absolute Gasteiger partial charge is 0.310 e. The fourth-order valence-electron chi connectivity index (χ4n) is 2.60. The van der Waals surface area contributed by atoms with Gasteiger partial charge in [0.2, 0.25) is 0 Å². The molecule has 0 aliphatic carbocycles. The Hall–Kier alpha value is -2.14. The predicted octanol–water partition coefficient (Wildman–Crippen LogP) is 3.80. The van der Waals surface area contributed by atoms with Crippen LogP contribution in [0.2, 0.25) is 0 Å². The molecule has 2 aromatic rings. The topological polar surface area (TPSA) is 57.6 Å². The standard InChI is InChI=1S/C17H14BrNO3/c1-10(17(21)22)11-6-7-15(14(18)8-11)19-9-12-4-2-3-5-13(12)16(19)20/h2-8,10H,9H2,1H3,(H,21,22). The van der Waals surface area contributed by atoms with Crippen molar-refractivity contribution in [2.45, 2.75) is 19.4 Å². The number of nitrogens with zero attached hydrogens (tertiary/aromatic N) is 1. The maximum atomic E-state index is 12.5. The van der Waals surface area contributed by atoms with Crippen molar-refractivity contribution < 1.29 is 14.7 Å². The van der Waals surface area contributed by atoms with Crippen LogP contribution in [0.4, 0.5) is 5.69 Å². The van der Waals surface area contributed by atoms with Crippen LogP contribution in [-0.4, -0.2) is 17.0 Å². The molecular formula is C17H14BrNO3. The molecule has 0 saturated heterocycles. The van der Waals surface area contributed by atoms with E-state index < -0.39 is 11.9 Å². The number of hydrogen-bond acceptors (Lipinski definition) is 2. The van der Waals surface area contributed by atoms with Gasteiger partial charge in [0.1, 0.15) is 0 Å². The number of hydrogen-bond donors (Lipinski definition) is 1. The second-order valence-corrected chi connectivity index (χ2v) is 6.17. The SMILES string of the molecule is CC(C(=O)O)c1ccc(N2Cc3ccccc3C2=O)c(Br)c1. The summed E-state index contributed by atoms with van der Waals surface area (Å²) >= 11 is 3.46. The normalized spacial score (nSPS) is 14.8. The number of halogens is 1. The van der Waals surface area contributed by atoms with Gasteiger partial charge >= 0.3 is 5.97 Å². The number of amides is 1. The third kappa shape index (κ3) is 2.41. The van der Waals surface area contributed by atoms with Crippen molar-refractivity contribution in [2.75, 3.05) is 4.90 Å². The summed E-state index contributed by atoms with van der Waals surface area (Å²) in [5, 5.41) is 9.09. The summed E-state index contributed by atoms with van der Waals surface area (Å²) in [6.45, 7) is 2.17. The number of anilines is 1. The molecule has 1 heterocycles. The van der Waals surface area contributed by atoms with Gasteiger partial charge in [0.25, 0.3) is 5.91 Å². The maximum Gasteiger partial charge on any atom is 0.310 e. The first kappa shape index (κ1) is 14.8. The van der Waals surface area contributed by atoms with Crippen molar-refractivity contribution in [3.8, 4) is 0 Å². The Kier molecular flexibility index (Phi) is 3.74. The van der Waals surface area contributed by atoms with Crippen molar-refractivity contribution >= 4 is 33.5 Å². The molecule has 1 atom stereocenters. The van der Waals surface area contributed by atoms with Crippen LogP contribution >= 0.6 is 15.9 Å². The van der Waals surface area contributed by atoms with E-state index in [4.69, 9.17) is 5.11 Å². The number of rotatable bonds is 3. The largest absolute Gasteiger partial charge is 0.481 e. The first-order chi connectivity index (χ1) is 10.5. The first-order valence-electron chi connectivity index (χ1n) is 6.91. The number of carbonyl (C=O) groups excluding carboxylic acids is 1. The van der Waals surface area contributed by atoms with Gasteiger partial charge < -0.3 is 10.0 Å². The van der Waals surface area contributed by atoms with E-state index in [1.807, 2.05) is 24.3 Å². The summed E-state index contributed by atoms with van der Waals surface area (Å²) in [4.78, 5) is 25.3. The lowest BCUT2D eigenvalue weighted by Gasteiger charge is -2.19. The van der Waals surface area contributed by atoms with E-state index in [9.17, 15) is 9.59 Å². The highest BCUT2D eigenvalue weighted by atomic mass is 79.9. The van der Waals surface area contributed by atoms with E-state index in [2.05, 4.69) is 15.9 Å². The molecular weight excluding hydrogens is 346 g/mol. The number of carboxylic acids is 1. The van der Waals surface area contributed by atoms with Crippen molar-refractivity contribution in [1.82, 2.24) is 0 Å². The monoisotopic (exact) mass is 359 g/mol. The van der Waals surface area contributed by atoms with Gasteiger partial charge in [0.15, 0.2) is 0 Å². The predicted molar refractivity (Wildman–Crippen MR) is 87.1 cm³/mol. The lowest BCUT2D eigenvalue weighted by molar-refractivity contribution is -0.138. The van der Waals surface area contributed by atoms with Crippen molar-refractivity contribution in [3.63, 3.8) is 0 Å². The fraction of sp³-hybridized carbons (Fsp3) is 0.176. The van der Waals surface area contributed by atoms with Crippen LogP contribution in [0.5, 0.6) is 0 Å². The molecule has 0 radical (unpaired) electrons. The molecule has 1 aliphatic heterocycles. The van der Waals surface area contributed by atoms with Crippen molar-refractivity contribution in [3.05, 3.63) is 63.6 Å². The highest BCUT2D eigenvalue weighted by Crippen LogP contribution is 2.35. The molecule has 5 heteroatoms. The molecule has 1 amide bonds. The van der Waals surface area contributed by atoms with E-state index in [0.29, 0.717) is 12.1 Å². The highest BCUT2D eigenvalue weighted by Gasteiger charge is 2.29. The second kappa shape index (κ2) is 5.57. The van der Waals surface area contributed by atoms with Crippen LogP contribution in [0.1, 0.15) is 34.3 Å². The molecule has 3 rings (SSSR count). The third-order valence-corrected chi connectivity index (χ3v) is 4.59. The Morgan fingerprint density at radius 1 is 1.27 bits per heavy atom. The Morgan fingerprint density at radius 2 is 2.00 bits per heavy atom. The number of carbonyl (C=O) groups is 2. The first-order valence-corrected chi connectivity index (χ1v) is 7.70. The summed E-state index contributed by atoms with van der Waals surface area (Å²) in [6, 6.07) is 12.9. The summed E-state index contributed by atoms with van der Waals surface area (Å²) < 4.78 is 0.722. The number of fused-ring (bicyclic) bond motifs is 1. The molecule has 2 aromatic carbocycles. The minimum absolute atomic E-state index is 0.0321. The Labute approximate surface area is 136 Å². The molecule has 22 heavy (non-hydrogen) atoms. The van der Waals surface area contributed by atoms with Gasteiger partial charge in [-0.3, -0.25) is 9.59 Å². The van der Waals surface area contributed by atoms with Crippen LogP contribution in [0.15, 0.2) is 46.9 Å². The average molecular weight is 360 g/mol. The number of aliphatic carboxylic acids is 1. The molecule has 1 unspecified atom stereocenters. The van der Waals surface area contributed by atoms with E-state index >= 15 is 0 Å². The molecule has 1 N–H and O–H groups in total. The van der Waals surface area contributed by atoms with Crippen LogP contribution in [0.25, 0.3) is 0 Å². The summed E-state index contributed by atoms with van der Waals surface area (Å²) in [7, 11) is 0.